The summed E-state index contributed by atoms with van der Waals surface area (Å²) in [5.74, 6) is 0. The van der Waals surface area contributed by atoms with E-state index in [0.29, 0.717) is 6.04 Å². The number of nitrogens with one attached hydrogen (secondary N) is 1. The zero-order valence-corrected chi connectivity index (χ0v) is 14.0. The molecule has 1 rings (SSSR count). The van der Waals surface area contributed by atoms with E-state index in [1.165, 1.54) is 11.3 Å². The third kappa shape index (κ3) is 5.13. The molecule has 19 heavy (non-hydrogen) atoms. The fourth-order valence-corrected chi connectivity index (χ4v) is 2.49. The Morgan fingerprint density at radius 2 is 2.11 bits per heavy atom. The Bertz CT molecular complexity index is 382. The molecular weight excluding hydrogens is 304 g/mol. The summed E-state index contributed by atoms with van der Waals surface area (Å²) >= 11 is 3.56. The van der Waals surface area contributed by atoms with Crippen molar-refractivity contribution in [2.45, 2.75) is 33.4 Å². The van der Waals surface area contributed by atoms with Gasteiger partial charge in [-0.3, -0.25) is 0 Å². The van der Waals surface area contributed by atoms with E-state index in [4.69, 9.17) is 4.74 Å². The van der Waals surface area contributed by atoms with Crippen LogP contribution >= 0.6 is 15.9 Å². The topological polar surface area (TPSA) is 24.5 Å². The smallest absolute Gasteiger partial charge is 0.0637 e. The molecule has 0 saturated carbocycles. The van der Waals surface area contributed by atoms with Crippen molar-refractivity contribution in [2.75, 3.05) is 31.7 Å². The summed E-state index contributed by atoms with van der Waals surface area (Å²) in [5, 5.41) is 3.40. The molecule has 3 nitrogen and oxygen atoms in total. The molecule has 1 aromatic carbocycles. The first-order valence-corrected chi connectivity index (χ1v) is 7.64. The number of hydrogen-bond acceptors (Lipinski definition) is 3. The van der Waals surface area contributed by atoms with Crippen molar-refractivity contribution in [1.29, 1.82) is 0 Å². The maximum atomic E-state index is 5.22. The monoisotopic (exact) mass is 328 g/mol. The van der Waals surface area contributed by atoms with Gasteiger partial charge in [0.15, 0.2) is 0 Å². The Morgan fingerprint density at radius 1 is 1.37 bits per heavy atom. The van der Waals surface area contributed by atoms with Crippen molar-refractivity contribution in [3.05, 3.63) is 28.2 Å². The van der Waals surface area contributed by atoms with E-state index in [-0.39, 0.29) is 0 Å². The molecule has 0 spiro atoms. The molecule has 0 aliphatic heterocycles. The molecule has 0 unspecified atom stereocenters. The first kappa shape index (κ1) is 16.5. The van der Waals surface area contributed by atoms with Gasteiger partial charge in [0.2, 0.25) is 0 Å². The minimum Gasteiger partial charge on any atom is -0.383 e. The fourth-order valence-electron chi connectivity index (χ4n) is 2.08. The second-order valence-electron chi connectivity index (χ2n) is 4.83. The van der Waals surface area contributed by atoms with E-state index in [1.54, 1.807) is 7.11 Å². The molecule has 0 aliphatic rings. The van der Waals surface area contributed by atoms with Crippen LogP contribution in [0.2, 0.25) is 0 Å². The van der Waals surface area contributed by atoms with Gasteiger partial charge in [-0.15, -0.1) is 0 Å². The van der Waals surface area contributed by atoms with Gasteiger partial charge in [-0.2, -0.15) is 0 Å². The van der Waals surface area contributed by atoms with E-state index < -0.39 is 0 Å². The van der Waals surface area contributed by atoms with Crippen LogP contribution in [0.5, 0.6) is 0 Å². The van der Waals surface area contributed by atoms with Crippen LogP contribution in [0.25, 0.3) is 0 Å². The van der Waals surface area contributed by atoms with E-state index in [0.717, 1.165) is 30.7 Å². The van der Waals surface area contributed by atoms with E-state index in [9.17, 15) is 0 Å². The molecule has 4 heteroatoms. The summed E-state index contributed by atoms with van der Waals surface area (Å²) in [6.45, 7) is 10.1. The highest BCUT2D eigenvalue weighted by atomic mass is 79.9. The van der Waals surface area contributed by atoms with Crippen molar-refractivity contribution < 1.29 is 4.74 Å². The largest absolute Gasteiger partial charge is 0.383 e. The van der Waals surface area contributed by atoms with Crippen molar-refractivity contribution in [3.8, 4) is 0 Å². The van der Waals surface area contributed by atoms with Crippen LogP contribution in [0.15, 0.2) is 22.7 Å². The zero-order valence-electron chi connectivity index (χ0n) is 12.4. The average molecular weight is 329 g/mol. The third-order valence-corrected chi connectivity index (χ3v) is 3.57. The SMILES string of the molecule is CCNCc1cc(Br)ccc1N(CCOC)C(C)C. The van der Waals surface area contributed by atoms with Gasteiger partial charge in [-0.25, -0.2) is 0 Å². The van der Waals surface area contributed by atoms with Crippen LogP contribution in [-0.2, 0) is 11.3 Å². The first-order chi connectivity index (χ1) is 9.10. The summed E-state index contributed by atoms with van der Waals surface area (Å²) < 4.78 is 6.35. The molecule has 0 atom stereocenters. The lowest BCUT2D eigenvalue weighted by Gasteiger charge is -2.31. The molecule has 0 saturated heterocycles. The Kier molecular flexibility index (Phi) is 7.42. The van der Waals surface area contributed by atoms with Gasteiger partial charge in [0.25, 0.3) is 0 Å². The Morgan fingerprint density at radius 3 is 2.68 bits per heavy atom. The molecule has 1 N–H and O–H groups in total. The second kappa shape index (κ2) is 8.56. The summed E-state index contributed by atoms with van der Waals surface area (Å²) in [7, 11) is 1.75. The summed E-state index contributed by atoms with van der Waals surface area (Å²) in [4.78, 5) is 2.39. The van der Waals surface area contributed by atoms with Crippen LogP contribution in [0, 0.1) is 0 Å². The van der Waals surface area contributed by atoms with Crippen LogP contribution in [0.3, 0.4) is 0 Å². The van der Waals surface area contributed by atoms with Gasteiger partial charge in [0.05, 0.1) is 6.61 Å². The molecule has 0 amide bonds. The van der Waals surface area contributed by atoms with Gasteiger partial charge >= 0.3 is 0 Å². The van der Waals surface area contributed by atoms with Crippen molar-refractivity contribution in [1.82, 2.24) is 5.32 Å². The number of nitrogens with zero attached hydrogens (tertiary/aromatic N) is 1. The molecule has 0 heterocycles. The third-order valence-electron chi connectivity index (χ3n) is 3.08. The van der Waals surface area contributed by atoms with Gasteiger partial charge in [-0.1, -0.05) is 22.9 Å². The van der Waals surface area contributed by atoms with Crippen LogP contribution < -0.4 is 10.2 Å². The maximum Gasteiger partial charge on any atom is 0.0637 e. The number of halogens is 1. The number of anilines is 1. The number of rotatable bonds is 8. The average Bonchev–Trinajstić information content (AvgIpc) is 2.38. The number of methoxy groups -OCH3 is 1. The number of ether oxygens (including phenoxy) is 1. The van der Waals surface area contributed by atoms with Gasteiger partial charge in [-0.05, 0) is 44.2 Å². The standard InChI is InChI=1S/C15H25BrN2O/c1-5-17-11-13-10-14(16)6-7-15(13)18(12(2)3)8-9-19-4/h6-7,10,12,17H,5,8-9,11H2,1-4H3. The minimum atomic E-state index is 0.455. The Hall–Kier alpha value is -0.580. The highest BCUT2D eigenvalue weighted by Gasteiger charge is 2.14. The normalized spacial score (nSPS) is 11.1. The van der Waals surface area contributed by atoms with Crippen molar-refractivity contribution >= 4 is 21.6 Å². The molecule has 0 radical (unpaired) electrons. The number of benzene rings is 1. The molecule has 0 aliphatic carbocycles. The molecule has 0 bridgehead atoms. The van der Waals surface area contributed by atoms with Crippen molar-refractivity contribution in [2.24, 2.45) is 0 Å². The molecular formula is C15H25BrN2O. The Balaban J connectivity index is 2.99. The number of hydrogen-bond donors (Lipinski definition) is 1. The maximum absolute atomic E-state index is 5.22. The van der Waals surface area contributed by atoms with E-state index in [2.05, 4.69) is 65.1 Å². The van der Waals surface area contributed by atoms with Gasteiger partial charge < -0.3 is 15.0 Å². The molecule has 108 valence electrons. The van der Waals surface area contributed by atoms with Crippen LogP contribution in [0.4, 0.5) is 5.69 Å². The molecule has 0 fully saturated rings. The zero-order chi connectivity index (χ0) is 14.3. The lowest BCUT2D eigenvalue weighted by atomic mass is 10.1. The van der Waals surface area contributed by atoms with Crippen molar-refractivity contribution in [3.63, 3.8) is 0 Å². The second-order valence-corrected chi connectivity index (χ2v) is 5.75. The lowest BCUT2D eigenvalue weighted by Crippen LogP contribution is -2.35. The quantitative estimate of drug-likeness (QED) is 0.791. The van der Waals surface area contributed by atoms with E-state index in [1.807, 2.05) is 0 Å². The van der Waals surface area contributed by atoms with Crippen LogP contribution in [-0.4, -0.2) is 32.8 Å². The first-order valence-electron chi connectivity index (χ1n) is 6.84. The fraction of sp³-hybridized carbons (Fsp3) is 0.600. The van der Waals surface area contributed by atoms with Gasteiger partial charge in [0, 0.05) is 36.4 Å². The predicted molar refractivity (Wildman–Crippen MR) is 85.9 cm³/mol. The van der Waals surface area contributed by atoms with Gasteiger partial charge in [0.1, 0.15) is 0 Å². The highest BCUT2D eigenvalue weighted by molar-refractivity contribution is 9.10. The minimum absolute atomic E-state index is 0.455. The van der Waals surface area contributed by atoms with Crippen LogP contribution in [0.1, 0.15) is 26.3 Å². The lowest BCUT2D eigenvalue weighted by molar-refractivity contribution is 0.204. The predicted octanol–water partition coefficient (Wildman–Crippen LogP) is 3.42. The summed E-state index contributed by atoms with van der Waals surface area (Å²) in [5.41, 5.74) is 2.61. The highest BCUT2D eigenvalue weighted by Crippen LogP contribution is 2.26. The summed E-state index contributed by atoms with van der Waals surface area (Å²) in [6.07, 6.45) is 0. The van der Waals surface area contributed by atoms with E-state index >= 15 is 0 Å². The summed E-state index contributed by atoms with van der Waals surface area (Å²) in [6, 6.07) is 6.94. The Labute approximate surface area is 125 Å². The molecule has 0 aromatic heterocycles. The molecule has 1 aromatic rings.